The van der Waals surface area contributed by atoms with Crippen molar-refractivity contribution in [2.24, 2.45) is 0 Å². The number of benzene rings is 3. The summed E-state index contributed by atoms with van der Waals surface area (Å²) in [4.78, 5) is 4.92. The molecule has 0 bridgehead atoms. The average Bonchev–Trinajstić information content (AvgIpc) is 2.69. The quantitative estimate of drug-likeness (QED) is 0.513. The second-order valence-corrected chi connectivity index (χ2v) is 9.65. The molecule has 4 rings (SSSR count). The van der Waals surface area contributed by atoms with Crippen LogP contribution in [0.5, 0.6) is 0 Å². The summed E-state index contributed by atoms with van der Waals surface area (Å²) in [5.41, 5.74) is 3.59. The number of nitrogens with zero attached hydrogens (tertiary/aromatic N) is 2. The minimum Gasteiger partial charge on any atom is -1.00 e. The molecule has 1 aliphatic heterocycles. The highest BCUT2D eigenvalue weighted by Gasteiger charge is 2.24. The Balaban J connectivity index is 0.00000256. The van der Waals surface area contributed by atoms with Gasteiger partial charge in [0.2, 0.25) is 0 Å². The summed E-state index contributed by atoms with van der Waals surface area (Å²) in [7, 11) is 4.46. The van der Waals surface area contributed by atoms with E-state index in [-0.39, 0.29) is 18.2 Å². The molecule has 0 amide bonds. The maximum Gasteiger partial charge on any atom is 0.123 e. The molecule has 0 spiro atoms. The first-order valence-electron chi connectivity index (χ1n) is 9.82. The third-order valence-corrected chi connectivity index (χ3v) is 6.62. The molecule has 0 aliphatic carbocycles. The van der Waals surface area contributed by atoms with Crippen LogP contribution in [-0.4, -0.2) is 31.7 Å². The normalized spacial score (nSPS) is 12.7. The maximum absolute atomic E-state index is 13.2. The average molecular weight is 463 g/mol. The van der Waals surface area contributed by atoms with Crippen LogP contribution in [0.2, 0.25) is 5.02 Å². The number of quaternary nitrogens is 1. The van der Waals surface area contributed by atoms with E-state index >= 15 is 0 Å². The van der Waals surface area contributed by atoms with Crippen LogP contribution in [0.25, 0.3) is 0 Å². The fourth-order valence-corrected chi connectivity index (χ4v) is 5.11. The van der Waals surface area contributed by atoms with Gasteiger partial charge in [-0.1, -0.05) is 47.6 Å². The Morgan fingerprint density at radius 3 is 2.40 bits per heavy atom. The largest absolute Gasteiger partial charge is 1.00 e. The van der Waals surface area contributed by atoms with Gasteiger partial charge >= 0.3 is 0 Å². The monoisotopic (exact) mass is 462 g/mol. The van der Waals surface area contributed by atoms with Gasteiger partial charge in [0.05, 0.1) is 32.0 Å². The van der Waals surface area contributed by atoms with Crippen molar-refractivity contribution in [3.8, 4) is 0 Å². The molecule has 3 aromatic carbocycles. The Kier molecular flexibility index (Phi) is 7.35. The van der Waals surface area contributed by atoms with Gasteiger partial charge in [0.15, 0.2) is 0 Å². The zero-order valence-corrected chi connectivity index (χ0v) is 19.4. The molecule has 1 aliphatic rings. The summed E-state index contributed by atoms with van der Waals surface area (Å²) in [5, 5.41) is 0.765. The SMILES string of the molecule is C[N+](C)(CCCN1c2ccccc2Sc2ccc(Cl)cc21)Cc1ccc(F)cc1.[Cl-]. The van der Waals surface area contributed by atoms with Crippen LogP contribution < -0.4 is 17.3 Å². The highest BCUT2D eigenvalue weighted by molar-refractivity contribution is 7.99. The zero-order chi connectivity index (χ0) is 20.4. The summed E-state index contributed by atoms with van der Waals surface area (Å²) in [6, 6.07) is 21.5. The minimum atomic E-state index is -0.182. The van der Waals surface area contributed by atoms with Crippen molar-refractivity contribution in [1.82, 2.24) is 0 Å². The van der Waals surface area contributed by atoms with E-state index in [0.717, 1.165) is 41.1 Å². The van der Waals surface area contributed by atoms with Crippen molar-refractivity contribution < 1.29 is 21.3 Å². The molecule has 0 N–H and O–H groups in total. The zero-order valence-electron chi connectivity index (χ0n) is 17.1. The number of anilines is 2. The molecule has 2 nitrogen and oxygen atoms in total. The van der Waals surface area contributed by atoms with Gasteiger partial charge in [0.25, 0.3) is 0 Å². The summed E-state index contributed by atoms with van der Waals surface area (Å²) in [6.07, 6.45) is 1.04. The van der Waals surface area contributed by atoms with Gasteiger partial charge in [-0.25, -0.2) is 4.39 Å². The van der Waals surface area contributed by atoms with E-state index in [1.807, 2.05) is 18.2 Å². The molecule has 0 unspecified atom stereocenters. The van der Waals surface area contributed by atoms with Crippen molar-refractivity contribution in [2.45, 2.75) is 22.8 Å². The molecule has 0 aromatic heterocycles. The van der Waals surface area contributed by atoms with E-state index in [2.05, 4.69) is 55.4 Å². The number of rotatable bonds is 6. The molecule has 3 aromatic rings. The fraction of sp³-hybridized carbons (Fsp3) is 0.250. The van der Waals surface area contributed by atoms with Crippen molar-refractivity contribution in [3.05, 3.63) is 83.1 Å². The van der Waals surface area contributed by atoms with E-state index in [4.69, 9.17) is 11.6 Å². The predicted octanol–water partition coefficient (Wildman–Crippen LogP) is 3.75. The third-order valence-electron chi connectivity index (χ3n) is 5.26. The smallest absolute Gasteiger partial charge is 0.123 e. The maximum atomic E-state index is 13.2. The number of para-hydroxylation sites is 1. The van der Waals surface area contributed by atoms with Gasteiger partial charge in [-0.3, -0.25) is 0 Å². The Labute approximate surface area is 193 Å². The van der Waals surface area contributed by atoms with E-state index in [0.29, 0.717) is 0 Å². The standard InChI is InChI=1S/C24H25ClFN2S.ClH/c1-28(2,17-18-8-11-20(26)12-9-18)15-5-14-27-21-6-3-4-7-23(21)29-24-13-10-19(25)16-22(24)27;/h3-4,6-13,16H,5,14-15,17H2,1-2H3;1H/q+1;/p-1. The van der Waals surface area contributed by atoms with E-state index < -0.39 is 0 Å². The molecule has 30 heavy (non-hydrogen) atoms. The van der Waals surface area contributed by atoms with E-state index in [9.17, 15) is 4.39 Å². The van der Waals surface area contributed by atoms with Crippen molar-refractivity contribution in [1.29, 1.82) is 0 Å². The molecule has 6 heteroatoms. The number of halogens is 3. The summed E-state index contributed by atoms with van der Waals surface area (Å²) < 4.78 is 14.0. The molecule has 0 saturated heterocycles. The van der Waals surface area contributed by atoms with Gasteiger partial charge < -0.3 is 21.8 Å². The lowest BCUT2D eigenvalue weighted by Gasteiger charge is -2.35. The fourth-order valence-electron chi connectivity index (χ4n) is 3.86. The van der Waals surface area contributed by atoms with E-state index in [1.54, 1.807) is 23.9 Å². The van der Waals surface area contributed by atoms with Gasteiger partial charge in [0, 0.05) is 33.3 Å². The Morgan fingerprint density at radius 2 is 1.63 bits per heavy atom. The highest BCUT2D eigenvalue weighted by Crippen LogP contribution is 2.48. The number of hydrogen-bond acceptors (Lipinski definition) is 2. The Hall–Kier alpha value is -1.72. The second kappa shape index (κ2) is 9.61. The van der Waals surface area contributed by atoms with Gasteiger partial charge in [-0.05, 0) is 42.5 Å². The van der Waals surface area contributed by atoms with Crippen molar-refractivity contribution in [2.75, 3.05) is 32.1 Å². The molecule has 0 saturated carbocycles. The number of hydrogen-bond donors (Lipinski definition) is 0. The van der Waals surface area contributed by atoms with Crippen LogP contribution >= 0.6 is 23.4 Å². The summed E-state index contributed by atoms with van der Waals surface area (Å²) in [6.45, 7) is 2.84. The molecule has 158 valence electrons. The van der Waals surface area contributed by atoms with Crippen LogP contribution in [-0.2, 0) is 6.54 Å². The first-order valence-corrected chi connectivity index (χ1v) is 11.0. The molecular weight excluding hydrogens is 438 g/mol. The highest BCUT2D eigenvalue weighted by atomic mass is 35.5. The minimum absolute atomic E-state index is 0. The lowest BCUT2D eigenvalue weighted by Crippen LogP contribution is -3.00. The Bertz CT molecular complexity index is 1010. The van der Waals surface area contributed by atoms with Crippen molar-refractivity contribution in [3.63, 3.8) is 0 Å². The van der Waals surface area contributed by atoms with Gasteiger partial charge in [-0.15, -0.1) is 0 Å². The molecule has 0 radical (unpaired) electrons. The van der Waals surface area contributed by atoms with Gasteiger partial charge in [-0.2, -0.15) is 0 Å². The van der Waals surface area contributed by atoms with Crippen LogP contribution in [0.4, 0.5) is 15.8 Å². The molecule has 0 fully saturated rings. The first kappa shape index (κ1) is 23.0. The lowest BCUT2D eigenvalue weighted by molar-refractivity contribution is -0.903. The van der Waals surface area contributed by atoms with Crippen molar-refractivity contribution >= 4 is 34.7 Å². The molecular formula is C24H25Cl2FN2S. The van der Waals surface area contributed by atoms with Gasteiger partial charge in [0.1, 0.15) is 12.4 Å². The summed E-state index contributed by atoms with van der Waals surface area (Å²) in [5.74, 6) is -0.182. The number of fused-ring (bicyclic) bond motifs is 2. The van der Waals surface area contributed by atoms with Crippen LogP contribution in [0.1, 0.15) is 12.0 Å². The predicted molar refractivity (Wildman–Crippen MR) is 121 cm³/mol. The topological polar surface area (TPSA) is 3.24 Å². The van der Waals surface area contributed by atoms with Crippen LogP contribution in [0, 0.1) is 5.82 Å². The lowest BCUT2D eigenvalue weighted by atomic mass is 10.1. The molecule has 0 atom stereocenters. The van der Waals surface area contributed by atoms with Crippen LogP contribution in [0.3, 0.4) is 0 Å². The molecule has 1 heterocycles. The summed E-state index contributed by atoms with van der Waals surface area (Å²) >= 11 is 8.11. The Morgan fingerprint density at radius 1 is 0.933 bits per heavy atom. The van der Waals surface area contributed by atoms with Crippen LogP contribution in [0.15, 0.2) is 76.5 Å². The second-order valence-electron chi connectivity index (χ2n) is 8.13. The van der Waals surface area contributed by atoms with E-state index in [1.165, 1.54) is 21.2 Å². The first-order chi connectivity index (χ1) is 13.9. The third kappa shape index (κ3) is 5.30.